The number of hydrogen-bond acceptors (Lipinski definition) is 2. The number of nitrogens with one attached hydrogen (secondary N) is 1. The lowest BCUT2D eigenvalue weighted by molar-refractivity contribution is -0.143. The number of hydrogen-bond donors (Lipinski definition) is 2. The lowest BCUT2D eigenvalue weighted by Crippen LogP contribution is -2.15. The number of benzene rings is 2. The van der Waals surface area contributed by atoms with Crippen LogP contribution in [0.4, 0.5) is 32.0 Å². The van der Waals surface area contributed by atoms with E-state index in [-0.39, 0.29) is 27.4 Å². The molecule has 0 unspecified atom stereocenters. The van der Waals surface area contributed by atoms with E-state index in [4.69, 9.17) is 23.8 Å². The number of phenols is 1. The number of anilines is 1. The molecule has 0 radical (unpaired) electrons. The van der Waals surface area contributed by atoms with Crippen molar-refractivity contribution in [1.29, 1.82) is 0 Å². The summed E-state index contributed by atoms with van der Waals surface area (Å²) < 4.78 is 77.0. The molecule has 2 rings (SSSR count). The van der Waals surface area contributed by atoms with Crippen LogP contribution in [0.3, 0.4) is 0 Å². The van der Waals surface area contributed by atoms with Crippen LogP contribution in [-0.2, 0) is 12.4 Å². The molecule has 2 nitrogen and oxygen atoms in total. The van der Waals surface area contributed by atoms with Gasteiger partial charge in [-0.05, 0) is 36.4 Å². The van der Waals surface area contributed by atoms with Crippen molar-refractivity contribution in [1.82, 2.24) is 0 Å². The van der Waals surface area contributed by atoms with Gasteiger partial charge in [0.25, 0.3) is 0 Å². The van der Waals surface area contributed by atoms with Gasteiger partial charge in [-0.25, -0.2) is 0 Å². The second kappa shape index (κ2) is 6.72. The summed E-state index contributed by atoms with van der Waals surface area (Å²) in [6, 6.07) is 4.75. The van der Waals surface area contributed by atoms with Gasteiger partial charge in [0.1, 0.15) is 10.7 Å². The number of alkyl halides is 6. The summed E-state index contributed by atoms with van der Waals surface area (Å²) >= 11 is 10.7. The molecular weight excluding hydrogens is 392 g/mol. The zero-order valence-corrected chi connectivity index (χ0v) is 13.5. The molecular formula is C15H8ClF6NOS. The molecule has 0 saturated carbocycles. The molecule has 0 saturated heterocycles. The van der Waals surface area contributed by atoms with Gasteiger partial charge in [0.05, 0.1) is 16.7 Å². The van der Waals surface area contributed by atoms with Gasteiger partial charge >= 0.3 is 12.4 Å². The molecule has 0 bridgehead atoms. The highest BCUT2D eigenvalue weighted by molar-refractivity contribution is 7.81. The highest BCUT2D eigenvalue weighted by Gasteiger charge is 2.37. The first-order valence-corrected chi connectivity index (χ1v) is 7.26. The summed E-state index contributed by atoms with van der Waals surface area (Å²) in [4.78, 5) is -0.285. The van der Waals surface area contributed by atoms with Crippen molar-refractivity contribution < 1.29 is 31.4 Å². The first-order valence-electron chi connectivity index (χ1n) is 6.47. The minimum Gasteiger partial charge on any atom is -0.507 e. The predicted octanol–water partition coefficient (Wildman–Crippen LogP) is 5.87. The Morgan fingerprint density at radius 3 is 1.92 bits per heavy atom. The van der Waals surface area contributed by atoms with E-state index in [0.717, 1.165) is 0 Å². The van der Waals surface area contributed by atoms with Crippen LogP contribution < -0.4 is 5.32 Å². The minimum atomic E-state index is -4.97. The van der Waals surface area contributed by atoms with Gasteiger partial charge in [-0.1, -0.05) is 23.8 Å². The van der Waals surface area contributed by atoms with E-state index in [1.807, 2.05) is 0 Å². The van der Waals surface area contributed by atoms with Crippen LogP contribution in [0.1, 0.15) is 16.7 Å². The first kappa shape index (κ1) is 19.3. The fourth-order valence-electron chi connectivity index (χ4n) is 1.92. The molecule has 0 fully saturated rings. The summed E-state index contributed by atoms with van der Waals surface area (Å²) in [5.74, 6) is -0.329. The summed E-state index contributed by atoms with van der Waals surface area (Å²) in [5, 5.41) is 12.1. The Balaban J connectivity index is 2.45. The zero-order valence-electron chi connectivity index (χ0n) is 12.0. The van der Waals surface area contributed by atoms with E-state index in [9.17, 15) is 31.4 Å². The van der Waals surface area contributed by atoms with Crippen molar-refractivity contribution in [3.05, 3.63) is 58.1 Å². The van der Waals surface area contributed by atoms with Crippen molar-refractivity contribution in [2.45, 2.75) is 12.4 Å². The van der Waals surface area contributed by atoms with Gasteiger partial charge in [-0.15, -0.1) is 0 Å². The van der Waals surface area contributed by atoms with Crippen LogP contribution in [0.2, 0.25) is 5.02 Å². The molecule has 25 heavy (non-hydrogen) atoms. The predicted molar refractivity (Wildman–Crippen MR) is 84.9 cm³/mol. The second-order valence-electron chi connectivity index (χ2n) is 4.91. The van der Waals surface area contributed by atoms with Crippen molar-refractivity contribution in [2.24, 2.45) is 0 Å². The maximum absolute atomic E-state index is 12.8. The molecule has 2 N–H and O–H groups in total. The molecule has 0 aliphatic heterocycles. The number of thiocarbonyl (C=S) groups is 1. The molecule has 2 aromatic carbocycles. The van der Waals surface area contributed by atoms with Gasteiger partial charge in [-0.3, -0.25) is 0 Å². The van der Waals surface area contributed by atoms with Gasteiger partial charge in [0.15, 0.2) is 0 Å². The number of aromatic hydroxyl groups is 1. The highest BCUT2D eigenvalue weighted by Crippen LogP contribution is 2.37. The van der Waals surface area contributed by atoms with Crippen LogP contribution in [0.5, 0.6) is 5.75 Å². The van der Waals surface area contributed by atoms with Crippen LogP contribution >= 0.6 is 23.8 Å². The Kier molecular flexibility index (Phi) is 5.19. The Morgan fingerprint density at radius 1 is 0.920 bits per heavy atom. The molecule has 0 spiro atoms. The maximum atomic E-state index is 12.8. The Hall–Kier alpha value is -2.00. The largest absolute Gasteiger partial charge is 0.507 e. The second-order valence-corrected chi connectivity index (χ2v) is 5.75. The number of rotatable bonds is 2. The van der Waals surface area contributed by atoms with Crippen molar-refractivity contribution in [2.75, 3.05) is 5.32 Å². The van der Waals surface area contributed by atoms with Crippen molar-refractivity contribution in [3.8, 4) is 5.75 Å². The standard InChI is InChI=1S/C15H8ClF6NOS/c16-9-1-2-12(24)11(6-9)13(25)23-10-4-7(14(17,18)19)3-8(5-10)15(20,21)22/h1-6,24H,(H,23,25). The SMILES string of the molecule is Oc1ccc(Cl)cc1C(=S)Nc1cc(C(F)(F)F)cc(C(F)(F)F)c1. The van der Waals surface area contributed by atoms with Gasteiger partial charge in [0.2, 0.25) is 0 Å². The van der Waals surface area contributed by atoms with E-state index in [1.54, 1.807) is 0 Å². The lowest BCUT2D eigenvalue weighted by Gasteiger charge is -2.16. The molecule has 0 heterocycles. The highest BCUT2D eigenvalue weighted by atomic mass is 35.5. The average molecular weight is 400 g/mol. The Labute approximate surface area is 148 Å². The Morgan fingerprint density at radius 2 is 1.44 bits per heavy atom. The van der Waals surface area contributed by atoms with Crippen molar-refractivity contribution >= 4 is 34.5 Å². The van der Waals surface area contributed by atoms with Crippen LogP contribution in [0.15, 0.2) is 36.4 Å². The van der Waals surface area contributed by atoms with Crippen molar-refractivity contribution in [3.63, 3.8) is 0 Å². The molecule has 0 aliphatic carbocycles. The smallest absolute Gasteiger partial charge is 0.416 e. The fourth-order valence-corrected chi connectivity index (χ4v) is 2.37. The fraction of sp³-hybridized carbons (Fsp3) is 0.133. The van der Waals surface area contributed by atoms with Gasteiger partial charge < -0.3 is 10.4 Å². The Bertz CT molecular complexity index is 786. The molecule has 0 atom stereocenters. The summed E-state index contributed by atoms with van der Waals surface area (Å²) in [7, 11) is 0. The topological polar surface area (TPSA) is 32.3 Å². The van der Waals surface area contributed by atoms with Gasteiger partial charge in [0, 0.05) is 10.7 Å². The van der Waals surface area contributed by atoms with E-state index in [0.29, 0.717) is 12.1 Å². The maximum Gasteiger partial charge on any atom is 0.416 e. The summed E-state index contributed by atoms with van der Waals surface area (Å²) in [6.07, 6.45) is -9.95. The van der Waals surface area contributed by atoms with E-state index in [1.165, 1.54) is 18.2 Å². The first-order chi connectivity index (χ1) is 11.4. The van der Waals surface area contributed by atoms with Crippen LogP contribution in [0.25, 0.3) is 0 Å². The quantitative estimate of drug-likeness (QED) is 0.489. The minimum absolute atomic E-state index is 0.00504. The van der Waals surface area contributed by atoms with Gasteiger partial charge in [-0.2, -0.15) is 26.3 Å². The lowest BCUT2D eigenvalue weighted by atomic mass is 10.1. The molecule has 0 amide bonds. The van der Waals surface area contributed by atoms with Crippen LogP contribution in [0, 0.1) is 0 Å². The van der Waals surface area contributed by atoms with E-state index < -0.39 is 29.2 Å². The normalized spacial score (nSPS) is 12.1. The third-order valence-electron chi connectivity index (χ3n) is 3.05. The third-order valence-corrected chi connectivity index (χ3v) is 3.61. The molecule has 134 valence electrons. The van der Waals surface area contributed by atoms with E-state index >= 15 is 0 Å². The third kappa shape index (κ3) is 4.76. The summed E-state index contributed by atoms with van der Waals surface area (Å²) in [6.45, 7) is 0. The molecule has 2 aromatic rings. The zero-order chi connectivity index (χ0) is 19.0. The molecule has 0 aromatic heterocycles. The molecule has 0 aliphatic rings. The van der Waals surface area contributed by atoms with E-state index in [2.05, 4.69) is 5.32 Å². The average Bonchev–Trinajstić information content (AvgIpc) is 2.47. The summed E-state index contributed by atoms with van der Waals surface area (Å²) in [5.41, 5.74) is -3.52. The number of halogens is 7. The molecule has 10 heteroatoms. The monoisotopic (exact) mass is 399 g/mol. The van der Waals surface area contributed by atoms with Crippen LogP contribution in [-0.4, -0.2) is 10.1 Å². The number of phenolic OH excluding ortho intramolecular Hbond substituents is 1.